The maximum atomic E-state index is 6.71. The topological polar surface area (TPSA) is 73.8 Å². The number of rotatable bonds is 6. The molecule has 0 fully saturated rings. The van der Waals surface area contributed by atoms with Crippen LogP contribution in [0.15, 0.2) is 449 Å². The van der Waals surface area contributed by atoms with Crippen LogP contribution >= 0.6 is 0 Å². The standard InChI is InChI=1S/C34H21BO2.C30H19BO2.2C28H17BO2/c1-2-10-22(11-3-1)23-18-19-26(25-13-5-4-12-24(23)25)27-20-21-32-33-34(27)37-31-17-9-7-15-29(31)35(33)28-14-6-8-16-30(28)36-32;1-2-10-20(11-3-1)21-12-4-5-13-22(21)23-18-19-28-29-30(23)33-27-17-9-7-15-25(27)31(29)24-14-6-8-16-26(24)32-28;1-2-10-19-18(8-1)9-7-11-20(19)21-16-17-26-27-28(21)31-25-15-6-4-13-23(25)29(27)22-12-3-5-14-24(22)30-26;1-2-8-19-17-20(14-13-18(19)7-1)21-15-16-26-27-28(21)31-25-12-6-4-10-23(25)29(27)22-9-3-5-11-24(22)30-26/h1-21H;1-19H;2*1-17H. The van der Waals surface area contributed by atoms with Crippen LogP contribution in [-0.2, 0) is 0 Å². The van der Waals surface area contributed by atoms with Gasteiger partial charge in [0.1, 0.15) is 92.0 Å². The third kappa shape index (κ3) is 12.6. The van der Waals surface area contributed by atoms with E-state index in [0.29, 0.717) is 0 Å². The third-order valence-electron chi connectivity index (χ3n) is 27.1. The summed E-state index contributed by atoms with van der Waals surface area (Å²) in [4.78, 5) is 0. The van der Waals surface area contributed by atoms with Crippen molar-refractivity contribution in [2.24, 2.45) is 0 Å². The van der Waals surface area contributed by atoms with Gasteiger partial charge < -0.3 is 37.9 Å². The molecule has 132 heavy (non-hydrogen) atoms. The average Bonchev–Trinajstić information content (AvgIpc) is 0.733. The van der Waals surface area contributed by atoms with E-state index >= 15 is 0 Å². The van der Waals surface area contributed by atoms with Gasteiger partial charge >= 0.3 is 0 Å². The van der Waals surface area contributed by atoms with Crippen LogP contribution in [-0.4, -0.2) is 26.9 Å². The molecule has 0 saturated heterocycles. The number of benzene rings is 21. The largest absolute Gasteiger partial charge is 0.458 e. The van der Waals surface area contributed by atoms with Crippen molar-refractivity contribution < 1.29 is 37.9 Å². The molecule has 8 nitrogen and oxygen atoms in total. The zero-order chi connectivity index (χ0) is 86.9. The Bertz CT molecular complexity index is 8250. The van der Waals surface area contributed by atoms with Gasteiger partial charge in [0.2, 0.25) is 0 Å². The molecule has 0 unspecified atom stereocenters. The molecule has 0 radical (unpaired) electrons. The van der Waals surface area contributed by atoms with Gasteiger partial charge in [-0.3, -0.25) is 0 Å². The van der Waals surface area contributed by atoms with Gasteiger partial charge in [-0.15, -0.1) is 0 Å². The van der Waals surface area contributed by atoms with Crippen molar-refractivity contribution in [1.82, 2.24) is 0 Å². The molecule has 0 spiro atoms. The average molecular weight is 1690 g/mol. The smallest absolute Gasteiger partial charge is 0.260 e. The minimum Gasteiger partial charge on any atom is -0.458 e. The van der Waals surface area contributed by atoms with Crippen LogP contribution in [0.25, 0.3) is 99.1 Å². The molecule has 21 aromatic rings. The number of hydrogen-bond acceptors (Lipinski definition) is 8. The van der Waals surface area contributed by atoms with E-state index < -0.39 is 0 Å². The zero-order valence-electron chi connectivity index (χ0n) is 71.3. The molecule has 0 amide bonds. The molecule has 21 aromatic carbocycles. The van der Waals surface area contributed by atoms with E-state index in [0.717, 1.165) is 153 Å². The quantitative estimate of drug-likeness (QED) is 0.153. The van der Waals surface area contributed by atoms with Gasteiger partial charge in [-0.05, 0) is 224 Å². The molecule has 8 aliphatic rings. The van der Waals surface area contributed by atoms with Crippen LogP contribution in [0.5, 0.6) is 92.0 Å². The van der Waals surface area contributed by atoms with Crippen molar-refractivity contribution in [3.63, 3.8) is 0 Å². The molecule has 29 rings (SSSR count). The summed E-state index contributed by atoms with van der Waals surface area (Å²) in [5, 5.41) is 7.33. The second-order valence-corrected chi connectivity index (χ2v) is 34.3. The molecule has 0 atom stereocenters. The molecule has 614 valence electrons. The summed E-state index contributed by atoms with van der Waals surface area (Å²) in [5.74, 6) is 14.3. The predicted molar refractivity (Wildman–Crippen MR) is 542 cm³/mol. The SMILES string of the molecule is c1ccc(-c2ccc(-c3ccc4c5c3Oc3ccccc3B5c3ccccc3O4)c3ccccc23)cc1.c1ccc(-c2ccccc2-c2ccc3c4c2Oc2ccccc2B4c2ccccc2O3)cc1.c1ccc2c(c1)Oc1ccc(-c3ccc4ccccc4c3)c3c1B2c1ccccc1O3.c1ccc2c(c1)Oc1ccc(-c3cccc4ccccc34)c3c1B2c1ccccc1O3. The lowest BCUT2D eigenvalue weighted by atomic mass is 9.34. The lowest BCUT2D eigenvalue weighted by Gasteiger charge is -2.34. The van der Waals surface area contributed by atoms with Crippen molar-refractivity contribution in [3.05, 3.63) is 449 Å². The number of fused-ring (bicyclic) bond motifs is 19. The molecule has 8 aliphatic heterocycles. The van der Waals surface area contributed by atoms with Crippen LogP contribution in [0.2, 0.25) is 0 Å². The van der Waals surface area contributed by atoms with E-state index in [9.17, 15) is 0 Å². The fourth-order valence-electron chi connectivity index (χ4n) is 21.2. The molecule has 0 bridgehead atoms. The molecule has 8 heterocycles. The molecular formula is C120H74B4O8. The predicted octanol–water partition coefficient (Wildman–Crippen LogP) is 23.1. The van der Waals surface area contributed by atoms with E-state index in [2.05, 4.69) is 388 Å². The van der Waals surface area contributed by atoms with E-state index in [1.807, 2.05) is 60.7 Å². The normalized spacial score (nSPS) is 12.8. The third-order valence-corrected chi connectivity index (χ3v) is 27.1. The Morgan fingerprint density at radius 1 is 0.129 bits per heavy atom. The Morgan fingerprint density at radius 3 is 0.811 bits per heavy atom. The first-order valence-electron chi connectivity index (χ1n) is 45.0. The molecule has 0 aromatic heterocycles. The van der Waals surface area contributed by atoms with E-state index in [-0.39, 0.29) is 26.9 Å². The van der Waals surface area contributed by atoms with Gasteiger partial charge in [0.05, 0.1) is 0 Å². The minimum atomic E-state index is 0.0645. The Morgan fingerprint density at radius 2 is 0.394 bits per heavy atom. The molecule has 0 saturated carbocycles. The van der Waals surface area contributed by atoms with Crippen LogP contribution in [0, 0.1) is 0 Å². The number of hydrogen-bond donors (Lipinski definition) is 0. The summed E-state index contributed by atoms with van der Waals surface area (Å²) in [6.45, 7) is 0.332. The Hall–Kier alpha value is -16.9. The summed E-state index contributed by atoms with van der Waals surface area (Å²) in [7, 11) is 0. The molecule has 12 heteroatoms. The molecule has 0 aliphatic carbocycles. The summed E-state index contributed by atoms with van der Waals surface area (Å²) in [5.41, 5.74) is 27.7. The first-order valence-corrected chi connectivity index (χ1v) is 45.0. The summed E-state index contributed by atoms with van der Waals surface area (Å²) >= 11 is 0. The van der Waals surface area contributed by atoms with Gasteiger partial charge in [-0.2, -0.15) is 0 Å². The molecule has 0 N–H and O–H groups in total. The van der Waals surface area contributed by atoms with Crippen LogP contribution < -0.4 is 103 Å². The van der Waals surface area contributed by atoms with E-state index in [1.165, 1.54) is 104 Å². The van der Waals surface area contributed by atoms with Crippen molar-refractivity contribution in [2.75, 3.05) is 0 Å². The van der Waals surface area contributed by atoms with Gasteiger partial charge in [0.15, 0.2) is 0 Å². The summed E-state index contributed by atoms with van der Waals surface area (Å²) < 4.78 is 51.9. The monoisotopic (exact) mass is 1690 g/mol. The number of ether oxygens (including phenoxy) is 8. The van der Waals surface area contributed by atoms with E-state index in [1.54, 1.807) is 0 Å². The highest BCUT2D eigenvalue weighted by Crippen LogP contribution is 2.50. The van der Waals surface area contributed by atoms with Crippen molar-refractivity contribution in [3.8, 4) is 159 Å². The highest BCUT2D eigenvalue weighted by atomic mass is 16.5. The first kappa shape index (κ1) is 76.3. The second-order valence-electron chi connectivity index (χ2n) is 34.3. The maximum Gasteiger partial charge on any atom is 0.260 e. The number of para-hydroxylation sites is 8. The summed E-state index contributed by atoms with van der Waals surface area (Å²) in [6.07, 6.45) is 0. The molecular weight excluding hydrogens is 1610 g/mol. The van der Waals surface area contributed by atoms with Crippen molar-refractivity contribution in [2.45, 2.75) is 0 Å². The van der Waals surface area contributed by atoms with Gasteiger partial charge in [0.25, 0.3) is 26.9 Å². The van der Waals surface area contributed by atoms with Crippen LogP contribution in [0.3, 0.4) is 0 Å². The van der Waals surface area contributed by atoms with E-state index in [4.69, 9.17) is 37.9 Å². The maximum absolute atomic E-state index is 6.71. The fraction of sp³-hybridized carbons (Fsp3) is 0. The van der Waals surface area contributed by atoms with Crippen LogP contribution in [0.1, 0.15) is 0 Å². The highest BCUT2D eigenvalue weighted by molar-refractivity contribution is 7.00. The fourth-order valence-corrected chi connectivity index (χ4v) is 21.2. The first-order chi connectivity index (χ1) is 65.5. The summed E-state index contributed by atoms with van der Waals surface area (Å²) in [6, 6.07) is 156. The lowest BCUT2D eigenvalue weighted by Crippen LogP contribution is -2.57. The lowest BCUT2D eigenvalue weighted by molar-refractivity contribution is 0.465. The van der Waals surface area contributed by atoms with Crippen LogP contribution in [0.4, 0.5) is 0 Å². The van der Waals surface area contributed by atoms with Gasteiger partial charge in [-0.25, -0.2) is 0 Å². The van der Waals surface area contributed by atoms with Gasteiger partial charge in [0, 0.05) is 44.1 Å². The Balaban J connectivity index is 0.0000000924. The van der Waals surface area contributed by atoms with Crippen molar-refractivity contribution >= 4 is 125 Å². The Kier molecular flexibility index (Phi) is 18.2. The zero-order valence-corrected chi connectivity index (χ0v) is 71.3. The minimum absolute atomic E-state index is 0.0645. The van der Waals surface area contributed by atoms with Gasteiger partial charge in [-0.1, -0.05) is 346 Å². The highest BCUT2D eigenvalue weighted by Gasteiger charge is 2.46. The Labute approximate surface area is 765 Å². The second kappa shape index (κ2) is 31.5. The van der Waals surface area contributed by atoms with Crippen molar-refractivity contribution in [1.29, 1.82) is 0 Å².